The lowest BCUT2D eigenvalue weighted by Crippen LogP contribution is -2.58. The van der Waals surface area contributed by atoms with E-state index >= 15 is 0 Å². The number of carbonyl (C=O) groups is 1. The lowest BCUT2D eigenvalue weighted by molar-refractivity contribution is -0.870. The van der Waals surface area contributed by atoms with Gasteiger partial charge in [0.05, 0.1) is 39.9 Å². The number of nitrogens with zero attached hydrogens (tertiary/aromatic N) is 1. The average Bonchev–Trinajstić information content (AvgIpc) is 3.14. The van der Waals surface area contributed by atoms with E-state index in [1.54, 1.807) is 0 Å². The molecule has 0 aromatic heterocycles. The van der Waals surface area contributed by atoms with Gasteiger partial charge in [-0.3, -0.25) is 4.79 Å². The molecule has 4 rings (SSSR count). The minimum atomic E-state index is -0.240. The molecule has 0 aromatic rings. The van der Waals surface area contributed by atoms with Crippen LogP contribution < -0.4 is 5.32 Å². The van der Waals surface area contributed by atoms with E-state index in [1.807, 2.05) is 0 Å². The van der Waals surface area contributed by atoms with Crippen LogP contribution >= 0.6 is 0 Å². The molecule has 4 aliphatic rings. The first-order chi connectivity index (χ1) is 16.4. The second-order valence-electron chi connectivity index (χ2n) is 14.6. The number of hydrogen-bond donors (Lipinski definition) is 3. The van der Waals surface area contributed by atoms with Gasteiger partial charge < -0.3 is 20.0 Å². The molecule has 4 aliphatic carbocycles. The van der Waals surface area contributed by atoms with Crippen LogP contribution in [-0.4, -0.2) is 67.0 Å². The fraction of sp³-hybridized carbons (Fsp3) is 0.967. The minimum absolute atomic E-state index is 0.0148. The highest BCUT2D eigenvalue weighted by molar-refractivity contribution is 5.75. The smallest absolute Gasteiger partial charge is 0.220 e. The van der Waals surface area contributed by atoms with Crippen molar-refractivity contribution in [2.45, 2.75) is 104 Å². The topological polar surface area (TPSA) is 69.6 Å². The van der Waals surface area contributed by atoms with Gasteiger partial charge in [0.15, 0.2) is 0 Å². The van der Waals surface area contributed by atoms with E-state index in [0.717, 1.165) is 62.0 Å². The summed E-state index contributed by atoms with van der Waals surface area (Å²) in [5, 5.41) is 25.1. The number of quaternary nitrogens is 1. The van der Waals surface area contributed by atoms with Crippen LogP contribution in [-0.2, 0) is 4.79 Å². The molecular formula is C30H55N2O3+. The van der Waals surface area contributed by atoms with Crippen LogP contribution in [0.1, 0.15) is 91.4 Å². The molecular weight excluding hydrogens is 436 g/mol. The van der Waals surface area contributed by atoms with Gasteiger partial charge in [0.1, 0.15) is 0 Å². The molecule has 0 saturated heterocycles. The fourth-order valence-corrected chi connectivity index (χ4v) is 9.59. The lowest BCUT2D eigenvalue weighted by atomic mass is 9.43. The van der Waals surface area contributed by atoms with E-state index in [0.29, 0.717) is 36.0 Å². The average molecular weight is 492 g/mol. The second kappa shape index (κ2) is 10.3. The first-order valence-electron chi connectivity index (χ1n) is 14.8. The summed E-state index contributed by atoms with van der Waals surface area (Å²) in [6.45, 7) is 9.06. The zero-order valence-electron chi connectivity index (χ0n) is 23.6. The molecule has 0 heterocycles. The molecule has 35 heavy (non-hydrogen) atoms. The Balaban J connectivity index is 1.35. The number of amides is 1. The molecule has 0 spiro atoms. The summed E-state index contributed by atoms with van der Waals surface area (Å²) in [6.07, 6.45) is 11.1. The number of hydrogen-bond acceptors (Lipinski definition) is 3. The van der Waals surface area contributed by atoms with Gasteiger partial charge in [-0.2, -0.15) is 0 Å². The Kier molecular flexibility index (Phi) is 8.02. The Morgan fingerprint density at radius 3 is 2.49 bits per heavy atom. The van der Waals surface area contributed by atoms with Crippen LogP contribution in [0.25, 0.3) is 0 Å². The molecule has 5 heteroatoms. The highest BCUT2D eigenvalue weighted by Crippen LogP contribution is 2.68. The van der Waals surface area contributed by atoms with Crippen molar-refractivity contribution >= 4 is 5.91 Å². The minimum Gasteiger partial charge on any atom is -0.393 e. The quantitative estimate of drug-likeness (QED) is 0.343. The molecule has 0 aliphatic heterocycles. The molecule has 4 saturated carbocycles. The third-order valence-corrected chi connectivity index (χ3v) is 11.7. The van der Waals surface area contributed by atoms with E-state index < -0.39 is 0 Å². The van der Waals surface area contributed by atoms with Crippen molar-refractivity contribution in [1.82, 2.24) is 5.32 Å². The Morgan fingerprint density at radius 2 is 1.77 bits per heavy atom. The number of aliphatic hydroxyl groups is 2. The maximum absolute atomic E-state index is 12.5. The molecule has 5 nitrogen and oxygen atoms in total. The van der Waals surface area contributed by atoms with Gasteiger partial charge in [-0.25, -0.2) is 0 Å². The second-order valence-corrected chi connectivity index (χ2v) is 14.6. The van der Waals surface area contributed by atoms with Crippen LogP contribution in [0.15, 0.2) is 0 Å². The number of nitrogens with one attached hydrogen (secondary N) is 1. The van der Waals surface area contributed by atoms with Crippen LogP contribution in [0.5, 0.6) is 0 Å². The van der Waals surface area contributed by atoms with Crippen molar-refractivity contribution in [3.8, 4) is 0 Å². The van der Waals surface area contributed by atoms with E-state index in [1.165, 1.54) is 25.7 Å². The molecule has 0 radical (unpaired) electrons. The molecule has 3 N–H and O–H groups in total. The number of fused-ring (bicyclic) bond motifs is 5. The third-order valence-electron chi connectivity index (χ3n) is 11.7. The predicted molar refractivity (Wildman–Crippen MR) is 142 cm³/mol. The Bertz CT molecular complexity index is 750. The van der Waals surface area contributed by atoms with Gasteiger partial charge >= 0.3 is 0 Å². The van der Waals surface area contributed by atoms with Crippen LogP contribution in [0.3, 0.4) is 0 Å². The van der Waals surface area contributed by atoms with Gasteiger partial charge in [-0.1, -0.05) is 20.8 Å². The first-order valence-corrected chi connectivity index (χ1v) is 14.8. The molecule has 0 aromatic carbocycles. The van der Waals surface area contributed by atoms with Gasteiger partial charge in [0.25, 0.3) is 0 Å². The van der Waals surface area contributed by atoms with Crippen LogP contribution in [0, 0.1) is 46.3 Å². The SMILES string of the molecule is CC(CCC(=O)NCCC[N+](C)(C)C)[C@H]1CCC2C3CCC4C[C@H](O)CC[C@]4(C)C3C[C@H](O)[C@@]21C. The third kappa shape index (κ3) is 5.34. The zero-order valence-corrected chi connectivity index (χ0v) is 23.6. The summed E-state index contributed by atoms with van der Waals surface area (Å²) in [5.41, 5.74) is 0.275. The van der Waals surface area contributed by atoms with Crippen molar-refractivity contribution in [3.63, 3.8) is 0 Å². The summed E-state index contributed by atoms with van der Waals surface area (Å²) in [7, 11) is 6.56. The number of rotatable bonds is 8. The molecule has 1 amide bonds. The van der Waals surface area contributed by atoms with E-state index in [2.05, 4.69) is 47.2 Å². The monoisotopic (exact) mass is 491 g/mol. The Hall–Kier alpha value is -0.650. The summed E-state index contributed by atoms with van der Waals surface area (Å²) < 4.78 is 0.931. The summed E-state index contributed by atoms with van der Waals surface area (Å²) in [4.78, 5) is 12.5. The lowest BCUT2D eigenvalue weighted by Gasteiger charge is -2.62. The van der Waals surface area contributed by atoms with Crippen molar-refractivity contribution in [1.29, 1.82) is 0 Å². The summed E-state index contributed by atoms with van der Waals surface area (Å²) in [6, 6.07) is 0. The first kappa shape index (κ1) is 27.4. The highest BCUT2D eigenvalue weighted by atomic mass is 16.3. The predicted octanol–water partition coefficient (Wildman–Crippen LogP) is 4.61. The van der Waals surface area contributed by atoms with Crippen molar-refractivity contribution in [3.05, 3.63) is 0 Å². The normalized spacial score (nSPS) is 44.2. The molecule has 202 valence electrons. The van der Waals surface area contributed by atoms with Gasteiger partial charge in [0.2, 0.25) is 5.91 Å². The fourth-order valence-electron chi connectivity index (χ4n) is 9.59. The van der Waals surface area contributed by atoms with E-state index in [-0.39, 0.29) is 28.9 Å². The van der Waals surface area contributed by atoms with Gasteiger partial charge in [-0.05, 0) is 104 Å². The van der Waals surface area contributed by atoms with Crippen LogP contribution in [0.2, 0.25) is 0 Å². The number of carbonyl (C=O) groups excluding carboxylic acids is 1. The van der Waals surface area contributed by atoms with E-state index in [4.69, 9.17) is 0 Å². The summed E-state index contributed by atoms with van der Waals surface area (Å²) >= 11 is 0. The Labute approximate surface area is 215 Å². The Morgan fingerprint density at radius 1 is 1.03 bits per heavy atom. The van der Waals surface area contributed by atoms with Crippen LogP contribution in [0.4, 0.5) is 0 Å². The van der Waals surface area contributed by atoms with Gasteiger partial charge in [0, 0.05) is 19.4 Å². The molecule has 0 bridgehead atoms. The molecule has 10 atom stereocenters. The van der Waals surface area contributed by atoms with Crippen molar-refractivity contribution in [2.24, 2.45) is 46.3 Å². The maximum atomic E-state index is 12.5. The summed E-state index contributed by atoms with van der Waals surface area (Å²) in [5.74, 6) is 3.72. The van der Waals surface area contributed by atoms with Crippen molar-refractivity contribution in [2.75, 3.05) is 34.2 Å². The highest BCUT2D eigenvalue weighted by Gasteiger charge is 2.63. The number of aliphatic hydroxyl groups excluding tert-OH is 2. The molecule has 4 fully saturated rings. The standard InChI is InChI=1S/C30H54N2O3/c1-20(8-13-28(35)31-16-7-17-32(4,5)6)24-11-12-25-23-10-9-21-18-22(33)14-15-29(21,2)26(23)19-27(34)30(24,25)3/h20-27,33-34H,7-19H2,1-6H3/p+1/t20?,21?,22-,23?,24-,25?,26?,27+,29+,30-/m1/s1. The zero-order chi connectivity index (χ0) is 25.6. The van der Waals surface area contributed by atoms with E-state index in [9.17, 15) is 15.0 Å². The molecule has 5 unspecified atom stereocenters. The maximum Gasteiger partial charge on any atom is 0.220 e. The van der Waals surface area contributed by atoms with Gasteiger partial charge in [-0.15, -0.1) is 0 Å². The largest absolute Gasteiger partial charge is 0.393 e. The van der Waals surface area contributed by atoms with Crippen molar-refractivity contribution < 1.29 is 19.5 Å².